The molecule has 1 heterocycles. The van der Waals surface area contributed by atoms with Crippen LogP contribution in [0.4, 0.5) is 0 Å². The Hall–Kier alpha value is -0.340. The zero-order valence-electron chi connectivity index (χ0n) is 7.11. The molecule has 2 heteroatoms. The van der Waals surface area contributed by atoms with Crippen molar-refractivity contribution in [2.45, 2.75) is 12.5 Å². The minimum Gasteiger partial charge on any atom is -0.395 e. The summed E-state index contributed by atoms with van der Waals surface area (Å²) in [4.78, 5) is 0. The molecule has 0 aromatic carbocycles. The van der Waals surface area contributed by atoms with E-state index in [0.29, 0.717) is 12.6 Å². The molecule has 0 spiro atoms. The van der Waals surface area contributed by atoms with Gasteiger partial charge in [0.1, 0.15) is 0 Å². The van der Waals surface area contributed by atoms with Gasteiger partial charge in [-0.3, -0.25) is 0 Å². The van der Waals surface area contributed by atoms with Gasteiger partial charge >= 0.3 is 0 Å². The molecule has 0 aromatic heterocycles. The Kier molecular flexibility index (Phi) is 1.38. The van der Waals surface area contributed by atoms with Crippen LogP contribution in [0.3, 0.4) is 0 Å². The summed E-state index contributed by atoms with van der Waals surface area (Å²) in [6, 6.07) is 0.384. The lowest BCUT2D eigenvalue weighted by Gasteiger charge is -2.23. The zero-order chi connectivity index (χ0) is 8.13. The predicted molar refractivity (Wildman–Crippen MR) is 46.6 cm³/mol. The molecule has 2 nitrogen and oxygen atoms in total. The number of rotatable bonds is 1. The van der Waals surface area contributed by atoms with E-state index in [4.69, 9.17) is 5.11 Å². The van der Waals surface area contributed by atoms with Crippen LogP contribution in [-0.2, 0) is 0 Å². The van der Waals surface area contributed by atoms with E-state index in [-0.39, 0.29) is 0 Å². The SMILES string of the molecule is OC[C@H]1NC[C@H]2[C@@H]1[C@@H]1C=C[C@H]2C1. The van der Waals surface area contributed by atoms with Crippen LogP contribution in [0.1, 0.15) is 6.42 Å². The van der Waals surface area contributed by atoms with Gasteiger partial charge in [0, 0.05) is 6.04 Å². The van der Waals surface area contributed by atoms with Crippen molar-refractivity contribution in [1.82, 2.24) is 5.32 Å². The van der Waals surface area contributed by atoms with Crippen molar-refractivity contribution in [1.29, 1.82) is 0 Å². The van der Waals surface area contributed by atoms with Crippen LogP contribution in [0.5, 0.6) is 0 Å². The van der Waals surface area contributed by atoms with Gasteiger partial charge in [0.15, 0.2) is 0 Å². The van der Waals surface area contributed by atoms with Crippen LogP contribution in [0.2, 0.25) is 0 Å². The fraction of sp³-hybridized carbons (Fsp3) is 0.800. The van der Waals surface area contributed by atoms with Gasteiger partial charge in [-0.25, -0.2) is 0 Å². The highest BCUT2D eigenvalue weighted by Gasteiger charge is 2.50. The highest BCUT2D eigenvalue weighted by molar-refractivity contribution is 5.18. The van der Waals surface area contributed by atoms with Gasteiger partial charge < -0.3 is 10.4 Å². The molecule has 1 saturated carbocycles. The molecule has 2 N–H and O–H groups in total. The maximum atomic E-state index is 9.15. The molecular weight excluding hydrogens is 150 g/mol. The largest absolute Gasteiger partial charge is 0.395 e. The van der Waals surface area contributed by atoms with Crippen molar-refractivity contribution in [3.05, 3.63) is 12.2 Å². The van der Waals surface area contributed by atoms with Crippen LogP contribution >= 0.6 is 0 Å². The molecule has 12 heavy (non-hydrogen) atoms. The fourth-order valence-corrected chi connectivity index (χ4v) is 3.46. The lowest BCUT2D eigenvalue weighted by atomic mass is 9.82. The first-order valence-corrected chi connectivity index (χ1v) is 4.92. The van der Waals surface area contributed by atoms with Crippen molar-refractivity contribution in [2.75, 3.05) is 13.2 Å². The first-order chi connectivity index (χ1) is 5.90. The second-order valence-corrected chi connectivity index (χ2v) is 4.39. The molecule has 0 aromatic rings. The number of aliphatic hydroxyl groups is 1. The molecule has 5 atom stereocenters. The maximum absolute atomic E-state index is 9.15. The Morgan fingerprint density at radius 3 is 3.00 bits per heavy atom. The Morgan fingerprint density at radius 1 is 1.33 bits per heavy atom. The van der Waals surface area contributed by atoms with Crippen molar-refractivity contribution >= 4 is 0 Å². The number of hydrogen-bond acceptors (Lipinski definition) is 2. The second kappa shape index (κ2) is 2.33. The molecule has 2 fully saturated rings. The van der Waals surface area contributed by atoms with Crippen LogP contribution in [-0.4, -0.2) is 24.3 Å². The Balaban J connectivity index is 1.89. The smallest absolute Gasteiger partial charge is 0.0587 e. The molecule has 2 bridgehead atoms. The monoisotopic (exact) mass is 165 g/mol. The Morgan fingerprint density at radius 2 is 2.17 bits per heavy atom. The van der Waals surface area contributed by atoms with Crippen molar-refractivity contribution in [3.8, 4) is 0 Å². The van der Waals surface area contributed by atoms with Crippen LogP contribution in [0.15, 0.2) is 12.2 Å². The summed E-state index contributed by atoms with van der Waals surface area (Å²) in [6.45, 7) is 1.44. The third kappa shape index (κ3) is 0.723. The molecule has 0 amide bonds. The van der Waals surface area contributed by atoms with E-state index in [1.165, 1.54) is 6.42 Å². The minimum absolute atomic E-state index is 0.318. The standard InChI is InChI=1S/C10H15NO/c12-5-9-10-7-2-1-6(3-7)8(10)4-11-9/h1-2,6-12H,3-5H2/t6-,7+,8+,9+,10-/m0/s1. The van der Waals surface area contributed by atoms with E-state index in [2.05, 4.69) is 17.5 Å². The lowest BCUT2D eigenvalue weighted by Crippen LogP contribution is -2.33. The second-order valence-electron chi connectivity index (χ2n) is 4.39. The molecule has 0 unspecified atom stereocenters. The average Bonchev–Trinajstić information content (AvgIpc) is 2.76. The van der Waals surface area contributed by atoms with E-state index in [1.807, 2.05) is 0 Å². The summed E-state index contributed by atoms with van der Waals surface area (Å²) >= 11 is 0. The summed E-state index contributed by atoms with van der Waals surface area (Å²) in [7, 11) is 0. The Labute approximate surface area is 72.7 Å². The van der Waals surface area contributed by atoms with E-state index in [1.54, 1.807) is 0 Å². The van der Waals surface area contributed by atoms with Crippen LogP contribution in [0, 0.1) is 23.7 Å². The van der Waals surface area contributed by atoms with Gasteiger partial charge in [-0.15, -0.1) is 0 Å². The average molecular weight is 165 g/mol. The zero-order valence-corrected chi connectivity index (χ0v) is 7.11. The van der Waals surface area contributed by atoms with Gasteiger partial charge in [0.25, 0.3) is 0 Å². The van der Waals surface area contributed by atoms with E-state index in [9.17, 15) is 0 Å². The van der Waals surface area contributed by atoms with E-state index in [0.717, 1.165) is 30.2 Å². The van der Waals surface area contributed by atoms with Crippen molar-refractivity contribution in [2.24, 2.45) is 23.7 Å². The number of nitrogens with one attached hydrogen (secondary N) is 1. The number of hydrogen-bond donors (Lipinski definition) is 2. The predicted octanol–water partition coefficient (Wildman–Crippen LogP) is 0.389. The van der Waals surface area contributed by atoms with Crippen LogP contribution < -0.4 is 5.32 Å². The normalized spacial score (nSPS) is 54.9. The molecule has 3 aliphatic rings. The molecule has 3 rings (SSSR count). The van der Waals surface area contributed by atoms with Crippen LogP contribution in [0.25, 0.3) is 0 Å². The van der Waals surface area contributed by atoms with Gasteiger partial charge in [0.05, 0.1) is 6.61 Å². The summed E-state index contributed by atoms with van der Waals surface area (Å²) < 4.78 is 0. The molecule has 66 valence electrons. The molecule has 1 aliphatic heterocycles. The fourth-order valence-electron chi connectivity index (χ4n) is 3.46. The summed E-state index contributed by atoms with van der Waals surface area (Å²) in [5, 5.41) is 12.6. The third-order valence-electron chi connectivity index (χ3n) is 3.97. The minimum atomic E-state index is 0.318. The third-order valence-corrected chi connectivity index (χ3v) is 3.97. The van der Waals surface area contributed by atoms with E-state index >= 15 is 0 Å². The summed E-state index contributed by atoms with van der Waals surface area (Å²) in [5.41, 5.74) is 0. The Bertz CT molecular complexity index is 226. The van der Waals surface area contributed by atoms with Gasteiger partial charge in [0.2, 0.25) is 0 Å². The maximum Gasteiger partial charge on any atom is 0.0587 e. The van der Waals surface area contributed by atoms with Gasteiger partial charge in [-0.1, -0.05) is 12.2 Å². The summed E-state index contributed by atoms with van der Waals surface area (Å²) in [6.07, 6.45) is 6.10. The molecule has 2 aliphatic carbocycles. The van der Waals surface area contributed by atoms with Crippen molar-refractivity contribution in [3.63, 3.8) is 0 Å². The lowest BCUT2D eigenvalue weighted by molar-refractivity contribution is 0.206. The highest BCUT2D eigenvalue weighted by Crippen LogP contribution is 2.51. The molecule has 0 radical (unpaired) electrons. The highest BCUT2D eigenvalue weighted by atomic mass is 16.3. The van der Waals surface area contributed by atoms with E-state index < -0.39 is 0 Å². The molecule has 1 saturated heterocycles. The van der Waals surface area contributed by atoms with Gasteiger partial charge in [-0.05, 0) is 36.6 Å². The number of aliphatic hydroxyl groups excluding tert-OH is 1. The first kappa shape index (κ1) is 7.10. The number of fused-ring (bicyclic) bond motifs is 5. The quantitative estimate of drug-likeness (QED) is 0.551. The topological polar surface area (TPSA) is 32.3 Å². The summed E-state index contributed by atoms with van der Waals surface area (Å²) in [5.74, 6) is 3.17. The molecular formula is C10H15NO. The van der Waals surface area contributed by atoms with Gasteiger partial charge in [-0.2, -0.15) is 0 Å². The number of allylic oxidation sites excluding steroid dienone is 2. The first-order valence-electron chi connectivity index (χ1n) is 4.92. The van der Waals surface area contributed by atoms with Crippen molar-refractivity contribution < 1.29 is 5.11 Å².